The number of ether oxygens (including phenoxy) is 1. The molecule has 1 aromatic rings. The summed E-state index contributed by atoms with van der Waals surface area (Å²) in [6, 6.07) is 10.5. The van der Waals surface area contributed by atoms with Crippen molar-refractivity contribution >= 4 is 5.97 Å². The van der Waals surface area contributed by atoms with Crippen LogP contribution in [0.1, 0.15) is 39.7 Å². The van der Waals surface area contributed by atoms with Crippen molar-refractivity contribution in [3.8, 4) is 0 Å². The molecule has 0 aliphatic carbocycles. The predicted octanol–water partition coefficient (Wildman–Crippen LogP) is 3.73. The van der Waals surface area contributed by atoms with Crippen LogP contribution in [0.2, 0.25) is 0 Å². The van der Waals surface area contributed by atoms with Crippen molar-refractivity contribution in [2.75, 3.05) is 20.2 Å². The molecular formula is C19H29NO2. The summed E-state index contributed by atoms with van der Waals surface area (Å²) in [5.41, 5.74) is 1.01. The molecule has 122 valence electrons. The first-order chi connectivity index (χ1) is 10.3. The minimum atomic E-state index is -0.387. The van der Waals surface area contributed by atoms with Crippen LogP contribution in [0, 0.1) is 16.7 Å². The average Bonchev–Trinajstić information content (AvgIpc) is 2.74. The lowest BCUT2D eigenvalue weighted by molar-refractivity contribution is -0.156. The van der Waals surface area contributed by atoms with Crippen molar-refractivity contribution in [1.82, 2.24) is 4.90 Å². The highest BCUT2D eigenvalue weighted by molar-refractivity contribution is 5.78. The van der Waals surface area contributed by atoms with E-state index in [1.807, 2.05) is 6.07 Å². The van der Waals surface area contributed by atoms with Crippen molar-refractivity contribution in [3.63, 3.8) is 0 Å². The van der Waals surface area contributed by atoms with Crippen LogP contribution in [0.4, 0.5) is 0 Å². The Morgan fingerprint density at radius 2 is 1.95 bits per heavy atom. The normalized spacial score (nSPS) is 26.1. The van der Waals surface area contributed by atoms with E-state index in [0.717, 1.165) is 26.1 Å². The molecular weight excluding hydrogens is 274 g/mol. The van der Waals surface area contributed by atoms with Crippen molar-refractivity contribution in [1.29, 1.82) is 0 Å². The van der Waals surface area contributed by atoms with Crippen molar-refractivity contribution in [3.05, 3.63) is 35.9 Å². The van der Waals surface area contributed by atoms with Crippen LogP contribution in [0.3, 0.4) is 0 Å². The minimum absolute atomic E-state index is 0.0505. The van der Waals surface area contributed by atoms with Gasteiger partial charge in [0.15, 0.2) is 0 Å². The molecule has 0 spiro atoms. The SMILES string of the molecule is COC(=O)[C@@]1(CC(C)(C)C)CN(Cc2ccccc2)C[C@H]1C. The zero-order valence-corrected chi connectivity index (χ0v) is 14.6. The standard InChI is InChI=1S/C19H29NO2/c1-15-11-20(12-16-9-7-6-8-10-16)14-19(15,17(21)22-5)13-18(2,3)4/h6-10,15H,11-14H2,1-5H3/t15-,19+/m1/s1. The highest BCUT2D eigenvalue weighted by atomic mass is 16.5. The number of rotatable bonds is 4. The van der Waals surface area contributed by atoms with Gasteiger partial charge in [0.1, 0.15) is 0 Å². The number of esters is 1. The maximum atomic E-state index is 12.6. The van der Waals surface area contributed by atoms with Gasteiger partial charge in [-0.1, -0.05) is 58.0 Å². The van der Waals surface area contributed by atoms with E-state index in [2.05, 4.69) is 56.9 Å². The smallest absolute Gasteiger partial charge is 0.313 e. The molecule has 1 aromatic carbocycles. The first kappa shape index (κ1) is 17.0. The first-order valence-corrected chi connectivity index (χ1v) is 8.11. The fourth-order valence-corrected chi connectivity index (χ4v) is 3.86. The van der Waals surface area contributed by atoms with Crippen molar-refractivity contribution in [2.45, 2.75) is 40.7 Å². The third-order valence-electron chi connectivity index (χ3n) is 4.67. The first-order valence-electron chi connectivity index (χ1n) is 8.11. The number of likely N-dealkylation sites (tertiary alicyclic amines) is 1. The van der Waals surface area contributed by atoms with Gasteiger partial charge in [-0.3, -0.25) is 9.69 Å². The van der Waals surface area contributed by atoms with E-state index < -0.39 is 0 Å². The maximum absolute atomic E-state index is 12.6. The van der Waals surface area contributed by atoms with Crippen LogP contribution in [0.15, 0.2) is 30.3 Å². The molecule has 1 fully saturated rings. The minimum Gasteiger partial charge on any atom is -0.469 e. The Morgan fingerprint density at radius 1 is 1.32 bits per heavy atom. The van der Waals surface area contributed by atoms with Crippen LogP contribution >= 0.6 is 0 Å². The molecule has 0 radical (unpaired) electrons. The van der Waals surface area contributed by atoms with Crippen molar-refractivity contribution in [2.24, 2.45) is 16.7 Å². The molecule has 1 saturated heterocycles. The number of carbonyl (C=O) groups is 1. The van der Waals surface area contributed by atoms with E-state index in [9.17, 15) is 4.79 Å². The maximum Gasteiger partial charge on any atom is 0.313 e. The largest absolute Gasteiger partial charge is 0.469 e. The molecule has 0 unspecified atom stereocenters. The Balaban J connectivity index is 2.19. The van der Waals surface area contributed by atoms with E-state index in [1.54, 1.807) is 0 Å². The van der Waals surface area contributed by atoms with Crippen LogP contribution in [0.25, 0.3) is 0 Å². The monoisotopic (exact) mass is 303 g/mol. The zero-order valence-electron chi connectivity index (χ0n) is 14.6. The van der Waals surface area contributed by atoms with Gasteiger partial charge in [-0.15, -0.1) is 0 Å². The summed E-state index contributed by atoms with van der Waals surface area (Å²) >= 11 is 0. The van der Waals surface area contributed by atoms with Gasteiger partial charge in [0.25, 0.3) is 0 Å². The zero-order chi connectivity index (χ0) is 16.4. The second kappa shape index (κ2) is 6.41. The van der Waals surface area contributed by atoms with E-state index in [0.29, 0.717) is 5.92 Å². The summed E-state index contributed by atoms with van der Waals surface area (Å²) in [7, 11) is 1.51. The van der Waals surface area contributed by atoms with Gasteiger partial charge in [0.05, 0.1) is 12.5 Å². The number of hydrogen-bond acceptors (Lipinski definition) is 3. The second-order valence-corrected chi connectivity index (χ2v) is 7.94. The highest BCUT2D eigenvalue weighted by Crippen LogP contribution is 2.45. The molecule has 1 aliphatic rings. The quantitative estimate of drug-likeness (QED) is 0.794. The molecule has 1 aliphatic heterocycles. The molecule has 22 heavy (non-hydrogen) atoms. The summed E-state index contributed by atoms with van der Waals surface area (Å²) in [6.07, 6.45) is 0.860. The van der Waals surface area contributed by atoms with Crippen LogP contribution < -0.4 is 0 Å². The lowest BCUT2D eigenvalue weighted by Crippen LogP contribution is -2.42. The van der Waals surface area contributed by atoms with E-state index in [4.69, 9.17) is 4.74 Å². The van der Waals surface area contributed by atoms with E-state index >= 15 is 0 Å². The van der Waals surface area contributed by atoms with Gasteiger partial charge < -0.3 is 4.74 Å². The van der Waals surface area contributed by atoms with Crippen LogP contribution in [0.5, 0.6) is 0 Å². The van der Waals surface area contributed by atoms with Crippen LogP contribution in [-0.4, -0.2) is 31.1 Å². The number of nitrogens with zero attached hydrogens (tertiary/aromatic N) is 1. The molecule has 2 atom stereocenters. The molecule has 0 amide bonds. The van der Waals surface area contributed by atoms with Gasteiger partial charge in [-0.05, 0) is 23.3 Å². The Hall–Kier alpha value is -1.35. The third kappa shape index (κ3) is 3.70. The number of methoxy groups -OCH3 is 1. The van der Waals surface area contributed by atoms with Gasteiger partial charge in [0.2, 0.25) is 0 Å². The number of carbonyl (C=O) groups excluding carboxylic acids is 1. The van der Waals surface area contributed by atoms with Crippen molar-refractivity contribution < 1.29 is 9.53 Å². The molecule has 0 N–H and O–H groups in total. The van der Waals surface area contributed by atoms with E-state index in [-0.39, 0.29) is 16.8 Å². The lowest BCUT2D eigenvalue weighted by Gasteiger charge is -2.36. The molecule has 1 heterocycles. The Kier molecular flexibility index (Phi) is 4.96. The van der Waals surface area contributed by atoms with Gasteiger partial charge in [-0.2, -0.15) is 0 Å². The molecule has 2 rings (SSSR count). The molecule has 3 nitrogen and oxygen atoms in total. The second-order valence-electron chi connectivity index (χ2n) is 7.94. The Labute approximate surface area is 134 Å². The summed E-state index contributed by atoms with van der Waals surface area (Å²) in [5.74, 6) is 0.258. The third-order valence-corrected chi connectivity index (χ3v) is 4.67. The Morgan fingerprint density at radius 3 is 2.50 bits per heavy atom. The fourth-order valence-electron chi connectivity index (χ4n) is 3.86. The predicted molar refractivity (Wildman–Crippen MR) is 89.4 cm³/mol. The number of hydrogen-bond donors (Lipinski definition) is 0. The van der Waals surface area contributed by atoms with Gasteiger partial charge in [0, 0.05) is 19.6 Å². The Bertz CT molecular complexity index is 506. The molecule has 0 bridgehead atoms. The average molecular weight is 303 g/mol. The molecule has 0 saturated carbocycles. The summed E-state index contributed by atoms with van der Waals surface area (Å²) in [4.78, 5) is 15.0. The summed E-state index contributed by atoms with van der Waals surface area (Å²) < 4.78 is 5.19. The molecule has 3 heteroatoms. The molecule has 0 aromatic heterocycles. The topological polar surface area (TPSA) is 29.5 Å². The lowest BCUT2D eigenvalue weighted by atomic mass is 9.68. The number of benzene rings is 1. The summed E-state index contributed by atoms with van der Waals surface area (Å²) in [5, 5.41) is 0. The fraction of sp³-hybridized carbons (Fsp3) is 0.632. The van der Waals surface area contributed by atoms with Crippen LogP contribution in [-0.2, 0) is 16.1 Å². The summed E-state index contributed by atoms with van der Waals surface area (Å²) in [6.45, 7) is 11.4. The van der Waals surface area contributed by atoms with Gasteiger partial charge >= 0.3 is 5.97 Å². The highest BCUT2D eigenvalue weighted by Gasteiger charge is 2.52. The van der Waals surface area contributed by atoms with E-state index in [1.165, 1.54) is 12.7 Å². The van der Waals surface area contributed by atoms with Gasteiger partial charge in [-0.25, -0.2) is 0 Å².